The zero-order valence-electron chi connectivity index (χ0n) is 21.2. The first-order chi connectivity index (χ1) is 14.6. The Morgan fingerprint density at radius 3 is 2.48 bits per heavy atom. The summed E-state index contributed by atoms with van der Waals surface area (Å²) in [5.74, 6) is 6.91. The number of fused-ring (bicyclic) bond motifs is 5. The minimum Gasteiger partial charge on any atom is -0.432 e. The standard InChI is InChI=1S/C29H48O2/c1-19(2)8-7-9-20(3)25-12-13-26-24-11-10-22-18-23(31-21(4)30)14-16-28(22,5)27(24)15-17-29(25,26)6/h14,19-20,22,24-27H,7-13,15-18H2,1-6H3/t20-,22+,24?,25?,26?,27?,28?,29?/m1/s1. The normalized spacial score (nSPS) is 42.9. The SMILES string of the molecule is CC(=O)OC1=CCC2(C)C3CCC4(C)C(CCC4[C@H](C)CCCC(C)C)C3CC[C@H]2C1. The molecule has 3 fully saturated rings. The second-order valence-corrected chi connectivity index (χ2v) is 12.9. The van der Waals surface area contributed by atoms with Crippen molar-refractivity contribution in [3.8, 4) is 0 Å². The monoisotopic (exact) mass is 428 g/mol. The minimum atomic E-state index is -0.156. The van der Waals surface area contributed by atoms with E-state index in [4.69, 9.17) is 4.74 Å². The Morgan fingerprint density at radius 2 is 1.77 bits per heavy atom. The molecule has 2 nitrogen and oxygen atoms in total. The van der Waals surface area contributed by atoms with Gasteiger partial charge in [-0.15, -0.1) is 0 Å². The Hall–Kier alpha value is -0.790. The predicted molar refractivity (Wildman–Crippen MR) is 128 cm³/mol. The van der Waals surface area contributed by atoms with E-state index < -0.39 is 0 Å². The van der Waals surface area contributed by atoms with E-state index in [1.165, 1.54) is 64.7 Å². The summed E-state index contributed by atoms with van der Waals surface area (Å²) < 4.78 is 5.52. The molecule has 0 aromatic heterocycles. The van der Waals surface area contributed by atoms with Gasteiger partial charge in [0.2, 0.25) is 0 Å². The van der Waals surface area contributed by atoms with E-state index in [1.807, 2.05) is 0 Å². The Balaban J connectivity index is 1.46. The number of hydrogen-bond acceptors (Lipinski definition) is 2. The van der Waals surface area contributed by atoms with Gasteiger partial charge in [0, 0.05) is 13.3 Å². The molecule has 6 unspecified atom stereocenters. The highest BCUT2D eigenvalue weighted by molar-refractivity contribution is 5.67. The van der Waals surface area contributed by atoms with Crippen LogP contribution in [0, 0.1) is 52.3 Å². The maximum Gasteiger partial charge on any atom is 0.307 e. The van der Waals surface area contributed by atoms with Gasteiger partial charge < -0.3 is 4.74 Å². The summed E-state index contributed by atoms with van der Waals surface area (Å²) in [5, 5.41) is 0. The molecule has 0 aliphatic heterocycles. The van der Waals surface area contributed by atoms with Gasteiger partial charge in [-0.05, 0) is 103 Å². The zero-order chi connectivity index (χ0) is 22.4. The van der Waals surface area contributed by atoms with Gasteiger partial charge in [-0.3, -0.25) is 4.79 Å². The molecule has 8 atom stereocenters. The predicted octanol–water partition coefficient (Wildman–Crippen LogP) is 8.16. The lowest BCUT2D eigenvalue weighted by molar-refractivity contribution is -0.139. The highest BCUT2D eigenvalue weighted by atomic mass is 16.5. The number of carbonyl (C=O) groups excluding carboxylic acids is 1. The third-order valence-corrected chi connectivity index (χ3v) is 10.8. The fraction of sp³-hybridized carbons (Fsp3) is 0.897. The fourth-order valence-electron chi connectivity index (χ4n) is 9.14. The number of carbonyl (C=O) groups is 1. The van der Waals surface area contributed by atoms with E-state index in [0.29, 0.717) is 16.7 Å². The van der Waals surface area contributed by atoms with Crippen LogP contribution in [0.2, 0.25) is 0 Å². The largest absolute Gasteiger partial charge is 0.432 e. The molecule has 0 aromatic carbocycles. The topological polar surface area (TPSA) is 26.3 Å². The molecule has 4 aliphatic carbocycles. The minimum absolute atomic E-state index is 0.156. The van der Waals surface area contributed by atoms with Crippen LogP contribution in [0.25, 0.3) is 0 Å². The maximum absolute atomic E-state index is 11.5. The highest BCUT2D eigenvalue weighted by Crippen LogP contribution is 2.68. The zero-order valence-corrected chi connectivity index (χ0v) is 21.2. The number of hydrogen-bond donors (Lipinski definition) is 0. The first kappa shape index (κ1) is 23.4. The van der Waals surface area contributed by atoms with Gasteiger partial charge in [0.1, 0.15) is 5.76 Å². The fourth-order valence-corrected chi connectivity index (χ4v) is 9.14. The molecular formula is C29H48O2. The summed E-state index contributed by atoms with van der Waals surface area (Å²) in [7, 11) is 0. The van der Waals surface area contributed by atoms with Crippen LogP contribution in [0.15, 0.2) is 11.8 Å². The third kappa shape index (κ3) is 4.26. The molecule has 4 rings (SSSR count). The molecule has 0 amide bonds. The van der Waals surface area contributed by atoms with Crippen molar-refractivity contribution >= 4 is 5.97 Å². The lowest BCUT2D eigenvalue weighted by Gasteiger charge is -2.60. The van der Waals surface area contributed by atoms with E-state index in [-0.39, 0.29) is 5.97 Å². The van der Waals surface area contributed by atoms with Crippen molar-refractivity contribution in [3.63, 3.8) is 0 Å². The summed E-state index contributed by atoms with van der Waals surface area (Å²) >= 11 is 0. The van der Waals surface area contributed by atoms with Crippen molar-refractivity contribution in [3.05, 3.63) is 11.8 Å². The molecule has 176 valence electrons. The van der Waals surface area contributed by atoms with Crippen LogP contribution in [0.1, 0.15) is 112 Å². The number of rotatable bonds is 6. The lowest BCUT2D eigenvalue weighted by atomic mass is 9.45. The van der Waals surface area contributed by atoms with Crippen LogP contribution in [0.4, 0.5) is 0 Å². The van der Waals surface area contributed by atoms with Crippen LogP contribution in [-0.2, 0) is 9.53 Å². The van der Waals surface area contributed by atoms with E-state index in [9.17, 15) is 4.79 Å². The molecule has 0 radical (unpaired) electrons. The molecule has 3 saturated carbocycles. The average molecular weight is 429 g/mol. The van der Waals surface area contributed by atoms with E-state index in [2.05, 4.69) is 40.7 Å². The van der Waals surface area contributed by atoms with Crippen LogP contribution < -0.4 is 0 Å². The Labute approximate surface area is 192 Å². The van der Waals surface area contributed by atoms with Gasteiger partial charge in [-0.2, -0.15) is 0 Å². The second-order valence-electron chi connectivity index (χ2n) is 12.9. The average Bonchev–Trinajstić information content (AvgIpc) is 3.05. The van der Waals surface area contributed by atoms with E-state index in [0.717, 1.165) is 54.1 Å². The van der Waals surface area contributed by atoms with E-state index in [1.54, 1.807) is 0 Å². The Kier molecular flexibility index (Phi) is 6.68. The molecule has 0 heterocycles. The molecule has 0 saturated heterocycles. The van der Waals surface area contributed by atoms with Crippen molar-refractivity contribution in [2.45, 2.75) is 112 Å². The van der Waals surface area contributed by atoms with Crippen molar-refractivity contribution in [1.29, 1.82) is 0 Å². The van der Waals surface area contributed by atoms with Gasteiger partial charge in [0.05, 0.1) is 0 Å². The first-order valence-electron chi connectivity index (χ1n) is 13.5. The summed E-state index contributed by atoms with van der Waals surface area (Å²) in [6, 6.07) is 0. The molecule has 2 heteroatoms. The van der Waals surface area contributed by atoms with Gasteiger partial charge in [0.15, 0.2) is 0 Å². The smallest absolute Gasteiger partial charge is 0.307 e. The van der Waals surface area contributed by atoms with Crippen LogP contribution in [0.3, 0.4) is 0 Å². The highest BCUT2D eigenvalue weighted by Gasteiger charge is 2.60. The van der Waals surface area contributed by atoms with Gasteiger partial charge in [-0.1, -0.05) is 53.9 Å². The quantitative estimate of drug-likeness (QED) is 0.399. The van der Waals surface area contributed by atoms with Crippen molar-refractivity contribution < 1.29 is 9.53 Å². The summed E-state index contributed by atoms with van der Waals surface area (Å²) in [5.41, 5.74) is 0.990. The summed E-state index contributed by atoms with van der Waals surface area (Å²) in [4.78, 5) is 11.5. The number of ether oxygens (including phenoxy) is 1. The summed E-state index contributed by atoms with van der Waals surface area (Å²) in [6.45, 7) is 14.1. The van der Waals surface area contributed by atoms with Crippen molar-refractivity contribution in [2.24, 2.45) is 52.3 Å². The summed E-state index contributed by atoms with van der Waals surface area (Å²) in [6.07, 6.45) is 17.2. The molecule has 0 N–H and O–H groups in total. The Bertz CT molecular complexity index is 693. The third-order valence-electron chi connectivity index (χ3n) is 10.8. The molecule has 4 aliphatic rings. The number of esters is 1. The molecule has 0 spiro atoms. The van der Waals surface area contributed by atoms with Crippen molar-refractivity contribution in [1.82, 2.24) is 0 Å². The van der Waals surface area contributed by atoms with Gasteiger partial charge in [0.25, 0.3) is 0 Å². The van der Waals surface area contributed by atoms with Gasteiger partial charge in [-0.25, -0.2) is 0 Å². The first-order valence-corrected chi connectivity index (χ1v) is 13.5. The Morgan fingerprint density at radius 1 is 1.03 bits per heavy atom. The van der Waals surface area contributed by atoms with Crippen LogP contribution >= 0.6 is 0 Å². The van der Waals surface area contributed by atoms with Crippen molar-refractivity contribution in [2.75, 3.05) is 0 Å². The lowest BCUT2D eigenvalue weighted by Crippen LogP contribution is -2.52. The number of allylic oxidation sites excluding steroid dienone is 2. The van der Waals surface area contributed by atoms with Crippen LogP contribution in [0.5, 0.6) is 0 Å². The molecule has 0 bridgehead atoms. The second kappa shape index (κ2) is 8.86. The van der Waals surface area contributed by atoms with E-state index >= 15 is 0 Å². The molecule has 0 aromatic rings. The van der Waals surface area contributed by atoms with Crippen LogP contribution in [-0.4, -0.2) is 5.97 Å². The molecular weight excluding hydrogens is 380 g/mol. The molecule has 31 heavy (non-hydrogen) atoms. The van der Waals surface area contributed by atoms with Gasteiger partial charge >= 0.3 is 5.97 Å². The maximum atomic E-state index is 11.5.